The van der Waals surface area contributed by atoms with E-state index in [1.165, 1.54) is 0 Å². The average Bonchev–Trinajstić information content (AvgIpc) is 2.63. The Balaban J connectivity index is 2.58. The Labute approximate surface area is 101 Å². The molecule has 2 aromatic rings. The van der Waals surface area contributed by atoms with Gasteiger partial charge in [0.15, 0.2) is 4.77 Å². The molecule has 3 nitrogen and oxygen atoms in total. The molecule has 78 valence electrons. The summed E-state index contributed by atoms with van der Waals surface area (Å²) in [7, 11) is 1.64. The van der Waals surface area contributed by atoms with Gasteiger partial charge in [0.25, 0.3) is 0 Å². The standard InChI is InChI=1S/C10H9BrN2OS/c1-14-9-5-7(11)4-8(6-9)13-3-2-12-10(13)15/h2-6H,1H3,(H,12,15). The van der Waals surface area contributed by atoms with Crippen LogP contribution in [-0.2, 0) is 0 Å². The van der Waals surface area contributed by atoms with Crippen molar-refractivity contribution < 1.29 is 4.74 Å². The van der Waals surface area contributed by atoms with Gasteiger partial charge in [-0.1, -0.05) is 15.9 Å². The number of aromatic amines is 1. The van der Waals surface area contributed by atoms with Crippen molar-refractivity contribution in [3.8, 4) is 11.4 Å². The zero-order chi connectivity index (χ0) is 10.8. The highest BCUT2D eigenvalue weighted by Crippen LogP contribution is 2.23. The molecule has 0 unspecified atom stereocenters. The van der Waals surface area contributed by atoms with Crippen LogP contribution < -0.4 is 4.74 Å². The molecule has 0 aliphatic carbocycles. The van der Waals surface area contributed by atoms with Gasteiger partial charge in [-0.2, -0.15) is 0 Å². The van der Waals surface area contributed by atoms with E-state index in [0.29, 0.717) is 4.77 Å². The van der Waals surface area contributed by atoms with Crippen LogP contribution in [0, 0.1) is 4.77 Å². The van der Waals surface area contributed by atoms with Crippen LogP contribution in [-0.4, -0.2) is 16.7 Å². The summed E-state index contributed by atoms with van der Waals surface area (Å²) in [4.78, 5) is 2.95. The predicted molar refractivity (Wildman–Crippen MR) is 65.2 cm³/mol. The zero-order valence-corrected chi connectivity index (χ0v) is 10.4. The third kappa shape index (κ3) is 2.13. The van der Waals surface area contributed by atoms with Crippen molar-refractivity contribution in [2.24, 2.45) is 0 Å². The van der Waals surface area contributed by atoms with Gasteiger partial charge in [0, 0.05) is 22.9 Å². The number of nitrogens with one attached hydrogen (secondary N) is 1. The molecular weight excluding hydrogens is 276 g/mol. The van der Waals surface area contributed by atoms with Crippen molar-refractivity contribution in [2.75, 3.05) is 7.11 Å². The van der Waals surface area contributed by atoms with E-state index in [1.54, 1.807) is 13.3 Å². The first kappa shape index (κ1) is 10.4. The van der Waals surface area contributed by atoms with E-state index >= 15 is 0 Å². The highest BCUT2D eigenvalue weighted by atomic mass is 79.9. The Kier molecular flexibility index (Phi) is 2.93. The van der Waals surface area contributed by atoms with Gasteiger partial charge in [-0.05, 0) is 24.4 Å². The van der Waals surface area contributed by atoms with Gasteiger partial charge in [-0.3, -0.25) is 4.57 Å². The van der Waals surface area contributed by atoms with E-state index in [9.17, 15) is 0 Å². The topological polar surface area (TPSA) is 29.9 Å². The van der Waals surface area contributed by atoms with Crippen LogP contribution in [0.5, 0.6) is 5.75 Å². The molecule has 15 heavy (non-hydrogen) atoms. The third-order valence-corrected chi connectivity index (χ3v) is 2.79. The van der Waals surface area contributed by atoms with E-state index in [4.69, 9.17) is 17.0 Å². The average molecular weight is 285 g/mol. The van der Waals surface area contributed by atoms with Gasteiger partial charge in [-0.25, -0.2) is 0 Å². The van der Waals surface area contributed by atoms with Crippen molar-refractivity contribution in [3.05, 3.63) is 39.8 Å². The zero-order valence-electron chi connectivity index (χ0n) is 8.03. The van der Waals surface area contributed by atoms with E-state index in [2.05, 4.69) is 20.9 Å². The summed E-state index contributed by atoms with van der Waals surface area (Å²) in [5, 5.41) is 0. The molecule has 0 saturated carbocycles. The number of benzene rings is 1. The number of ether oxygens (including phenoxy) is 1. The van der Waals surface area contributed by atoms with Gasteiger partial charge >= 0.3 is 0 Å². The first-order chi connectivity index (χ1) is 7.20. The molecule has 1 aromatic carbocycles. The monoisotopic (exact) mass is 284 g/mol. The Bertz CT molecular complexity index is 532. The minimum atomic E-state index is 0.662. The van der Waals surface area contributed by atoms with E-state index in [0.717, 1.165) is 15.9 Å². The summed E-state index contributed by atoms with van der Waals surface area (Å²) in [6.45, 7) is 0. The van der Waals surface area contributed by atoms with E-state index in [-0.39, 0.29) is 0 Å². The second kappa shape index (κ2) is 4.20. The van der Waals surface area contributed by atoms with Crippen LogP contribution in [0.25, 0.3) is 5.69 Å². The minimum absolute atomic E-state index is 0.662. The largest absolute Gasteiger partial charge is 0.497 e. The number of imidazole rings is 1. The quantitative estimate of drug-likeness (QED) is 0.858. The molecule has 0 aliphatic rings. The fourth-order valence-electron chi connectivity index (χ4n) is 1.33. The van der Waals surface area contributed by atoms with Crippen molar-refractivity contribution in [2.45, 2.75) is 0 Å². The predicted octanol–water partition coefficient (Wildman–Crippen LogP) is 3.31. The van der Waals surface area contributed by atoms with Crippen molar-refractivity contribution in [1.82, 2.24) is 9.55 Å². The number of H-pyrrole nitrogens is 1. The Morgan fingerprint density at radius 1 is 1.40 bits per heavy atom. The molecule has 0 atom stereocenters. The summed E-state index contributed by atoms with van der Waals surface area (Å²) in [6, 6.07) is 5.81. The Hall–Kier alpha value is -1.07. The molecular formula is C10H9BrN2OS. The lowest BCUT2D eigenvalue weighted by molar-refractivity contribution is 0.414. The third-order valence-electron chi connectivity index (χ3n) is 2.02. The number of halogens is 1. The molecule has 0 radical (unpaired) electrons. The number of hydrogen-bond acceptors (Lipinski definition) is 2. The number of hydrogen-bond donors (Lipinski definition) is 1. The smallest absolute Gasteiger partial charge is 0.181 e. The highest BCUT2D eigenvalue weighted by molar-refractivity contribution is 9.10. The first-order valence-corrected chi connectivity index (χ1v) is 5.52. The number of methoxy groups -OCH3 is 1. The SMILES string of the molecule is COc1cc(Br)cc(-n2cc[nH]c2=S)c1. The van der Waals surface area contributed by atoms with Crippen molar-refractivity contribution >= 4 is 28.1 Å². The van der Waals surface area contributed by atoms with Gasteiger partial charge in [-0.15, -0.1) is 0 Å². The summed E-state index contributed by atoms with van der Waals surface area (Å²) in [5.74, 6) is 0.794. The molecule has 1 N–H and O–H groups in total. The van der Waals surface area contributed by atoms with Crippen LogP contribution in [0.2, 0.25) is 0 Å². The maximum absolute atomic E-state index is 5.19. The Morgan fingerprint density at radius 3 is 2.80 bits per heavy atom. The molecule has 0 spiro atoms. The molecule has 1 aromatic heterocycles. The second-order valence-electron chi connectivity index (χ2n) is 2.98. The fourth-order valence-corrected chi connectivity index (χ4v) is 2.02. The van der Waals surface area contributed by atoms with Crippen molar-refractivity contribution in [1.29, 1.82) is 0 Å². The first-order valence-electron chi connectivity index (χ1n) is 4.31. The van der Waals surface area contributed by atoms with Crippen LogP contribution in [0.3, 0.4) is 0 Å². The van der Waals surface area contributed by atoms with Crippen LogP contribution in [0.15, 0.2) is 35.1 Å². The molecule has 5 heteroatoms. The van der Waals surface area contributed by atoms with Gasteiger partial charge < -0.3 is 9.72 Å². The Morgan fingerprint density at radius 2 is 2.20 bits per heavy atom. The van der Waals surface area contributed by atoms with Crippen LogP contribution in [0.1, 0.15) is 0 Å². The lowest BCUT2D eigenvalue weighted by atomic mass is 10.3. The summed E-state index contributed by atoms with van der Waals surface area (Å²) < 4.78 is 8.68. The highest BCUT2D eigenvalue weighted by Gasteiger charge is 2.02. The molecule has 1 heterocycles. The summed E-state index contributed by atoms with van der Waals surface area (Å²) in [6.07, 6.45) is 3.68. The molecule has 0 amide bonds. The molecule has 0 aliphatic heterocycles. The molecule has 0 bridgehead atoms. The van der Waals surface area contributed by atoms with Crippen LogP contribution in [0.4, 0.5) is 0 Å². The van der Waals surface area contributed by atoms with Crippen molar-refractivity contribution in [3.63, 3.8) is 0 Å². The number of aromatic nitrogens is 2. The second-order valence-corrected chi connectivity index (χ2v) is 4.29. The van der Waals surface area contributed by atoms with Gasteiger partial charge in [0.2, 0.25) is 0 Å². The normalized spacial score (nSPS) is 10.3. The lowest BCUT2D eigenvalue weighted by Gasteiger charge is -2.06. The molecule has 2 rings (SSSR count). The fraction of sp³-hybridized carbons (Fsp3) is 0.100. The lowest BCUT2D eigenvalue weighted by Crippen LogP contribution is -1.93. The van der Waals surface area contributed by atoms with E-state index in [1.807, 2.05) is 29.0 Å². The van der Waals surface area contributed by atoms with Gasteiger partial charge in [0.05, 0.1) is 12.8 Å². The van der Waals surface area contributed by atoms with Crippen LogP contribution >= 0.6 is 28.1 Å². The number of rotatable bonds is 2. The molecule has 0 saturated heterocycles. The molecule has 0 fully saturated rings. The maximum atomic E-state index is 5.19. The number of nitrogens with zero attached hydrogens (tertiary/aromatic N) is 1. The summed E-state index contributed by atoms with van der Waals surface area (Å²) in [5.41, 5.74) is 0.965. The summed E-state index contributed by atoms with van der Waals surface area (Å²) >= 11 is 8.57. The van der Waals surface area contributed by atoms with Gasteiger partial charge in [0.1, 0.15) is 5.75 Å². The van der Waals surface area contributed by atoms with E-state index < -0.39 is 0 Å². The minimum Gasteiger partial charge on any atom is -0.497 e. The maximum Gasteiger partial charge on any atom is 0.181 e.